The number of halogens is 1. The molecule has 7 heteroatoms. The predicted octanol–water partition coefficient (Wildman–Crippen LogP) is 2.11. The first-order valence-electron chi connectivity index (χ1n) is 7.82. The number of carbonyl (C=O) groups excluding carboxylic acids is 2. The van der Waals surface area contributed by atoms with Gasteiger partial charge in [0.1, 0.15) is 0 Å². The minimum Gasteiger partial charge on any atom is -0.373 e. The highest BCUT2D eigenvalue weighted by Crippen LogP contribution is 2.25. The number of hydrogen-bond acceptors (Lipinski definition) is 4. The van der Waals surface area contributed by atoms with E-state index in [-0.39, 0.29) is 11.8 Å². The molecular formula is C17H19ClN4O2. The molecule has 6 nitrogen and oxygen atoms in total. The van der Waals surface area contributed by atoms with E-state index in [2.05, 4.69) is 10.0 Å². The number of amides is 2. The minimum atomic E-state index is -0.149. The Morgan fingerprint density at radius 3 is 2.38 bits per heavy atom. The number of nitrogens with zero attached hydrogens (tertiary/aromatic N) is 4. The molecule has 0 N–H and O–H groups in total. The normalized spacial score (nSPS) is 20.0. The Balaban J connectivity index is 1.73. The first kappa shape index (κ1) is 16.5. The van der Waals surface area contributed by atoms with Crippen LogP contribution in [0.1, 0.15) is 13.8 Å². The Morgan fingerprint density at radius 1 is 1.17 bits per heavy atom. The quantitative estimate of drug-likeness (QED) is 0.771. The van der Waals surface area contributed by atoms with Crippen LogP contribution in [0.2, 0.25) is 5.02 Å². The number of carbonyl (C=O) groups is 2. The van der Waals surface area contributed by atoms with Crippen molar-refractivity contribution in [2.24, 2.45) is 5.10 Å². The van der Waals surface area contributed by atoms with Crippen molar-refractivity contribution in [3.05, 3.63) is 41.1 Å². The summed E-state index contributed by atoms with van der Waals surface area (Å²) >= 11 is 5.89. The first-order valence-corrected chi connectivity index (χ1v) is 8.20. The Labute approximate surface area is 146 Å². The fourth-order valence-electron chi connectivity index (χ4n) is 2.77. The Kier molecular flexibility index (Phi) is 4.57. The average Bonchev–Trinajstić information content (AvgIpc) is 2.84. The molecule has 1 aromatic rings. The highest BCUT2D eigenvalue weighted by molar-refractivity contribution is 6.31. The maximum atomic E-state index is 12.7. The van der Waals surface area contributed by atoms with E-state index in [1.54, 1.807) is 31.2 Å². The highest BCUT2D eigenvalue weighted by atomic mass is 35.5. The van der Waals surface area contributed by atoms with Crippen LogP contribution in [0, 0.1) is 0 Å². The summed E-state index contributed by atoms with van der Waals surface area (Å²) in [5.41, 5.74) is 1.96. The summed E-state index contributed by atoms with van der Waals surface area (Å²) in [5, 5.41) is 6.37. The van der Waals surface area contributed by atoms with Crippen LogP contribution in [0.15, 0.2) is 41.1 Å². The van der Waals surface area contributed by atoms with Gasteiger partial charge in [-0.3, -0.25) is 9.59 Å². The third-order valence-electron chi connectivity index (χ3n) is 4.21. The summed E-state index contributed by atoms with van der Waals surface area (Å²) in [4.78, 5) is 27.9. The zero-order valence-electron chi connectivity index (χ0n) is 13.7. The van der Waals surface area contributed by atoms with Gasteiger partial charge in [-0.2, -0.15) is 10.1 Å². The van der Waals surface area contributed by atoms with Crippen LogP contribution >= 0.6 is 11.6 Å². The Bertz CT molecular complexity index is 719. The Hall–Kier alpha value is -2.34. The maximum Gasteiger partial charge on any atom is 0.282 e. The van der Waals surface area contributed by atoms with Gasteiger partial charge in [0.15, 0.2) is 0 Å². The van der Waals surface area contributed by atoms with Crippen LogP contribution in [0.4, 0.5) is 5.69 Å². The van der Waals surface area contributed by atoms with Gasteiger partial charge in [0.05, 0.1) is 17.0 Å². The lowest BCUT2D eigenvalue weighted by Crippen LogP contribution is -2.46. The average molecular weight is 347 g/mol. The number of hydrogen-bond donors (Lipinski definition) is 0. The molecule has 0 atom stereocenters. The van der Waals surface area contributed by atoms with Gasteiger partial charge in [0.2, 0.25) is 5.91 Å². The lowest BCUT2D eigenvalue weighted by Gasteiger charge is -2.33. The standard InChI is InChI=1S/C17H19ClN4O2/c1-12-16(11-20-7-9-21(10-8-20)13(2)23)17(24)22(19-12)15-5-3-14(18)4-6-15/h3-6,11H,7-10H2,1-2H3/b16-11-. The van der Waals surface area contributed by atoms with Crippen molar-refractivity contribution < 1.29 is 9.59 Å². The van der Waals surface area contributed by atoms with Gasteiger partial charge >= 0.3 is 0 Å². The van der Waals surface area contributed by atoms with E-state index in [9.17, 15) is 9.59 Å². The van der Waals surface area contributed by atoms with E-state index in [4.69, 9.17) is 11.6 Å². The molecule has 1 saturated heterocycles. The number of hydrazone groups is 1. The summed E-state index contributed by atoms with van der Waals surface area (Å²) in [6.07, 6.45) is 1.86. The zero-order valence-corrected chi connectivity index (χ0v) is 14.5. The summed E-state index contributed by atoms with van der Waals surface area (Å²) < 4.78 is 0. The molecule has 2 amide bonds. The van der Waals surface area contributed by atoms with Crippen LogP contribution in [0.25, 0.3) is 0 Å². The van der Waals surface area contributed by atoms with Crippen LogP contribution < -0.4 is 5.01 Å². The van der Waals surface area contributed by atoms with Crippen LogP contribution in [-0.2, 0) is 9.59 Å². The third-order valence-corrected chi connectivity index (χ3v) is 4.46. The van der Waals surface area contributed by atoms with Crippen LogP contribution in [0.3, 0.4) is 0 Å². The summed E-state index contributed by atoms with van der Waals surface area (Å²) in [5.74, 6) is -0.0604. The Morgan fingerprint density at radius 2 is 1.79 bits per heavy atom. The minimum absolute atomic E-state index is 0.0888. The molecule has 2 aliphatic rings. The second kappa shape index (κ2) is 6.65. The van der Waals surface area contributed by atoms with Crippen molar-refractivity contribution in [2.45, 2.75) is 13.8 Å². The molecule has 0 bridgehead atoms. The van der Waals surface area contributed by atoms with E-state index in [1.165, 1.54) is 5.01 Å². The van der Waals surface area contributed by atoms with Gasteiger partial charge in [0, 0.05) is 44.3 Å². The molecule has 24 heavy (non-hydrogen) atoms. The highest BCUT2D eigenvalue weighted by Gasteiger charge is 2.30. The van der Waals surface area contributed by atoms with Crippen molar-refractivity contribution >= 4 is 34.8 Å². The summed E-state index contributed by atoms with van der Waals surface area (Å²) in [6, 6.07) is 7.01. The van der Waals surface area contributed by atoms with Crippen molar-refractivity contribution in [2.75, 3.05) is 31.2 Å². The third kappa shape index (κ3) is 3.28. The summed E-state index contributed by atoms with van der Waals surface area (Å²) in [7, 11) is 0. The molecule has 0 aromatic heterocycles. The van der Waals surface area contributed by atoms with Crippen molar-refractivity contribution in [3.8, 4) is 0 Å². The van der Waals surface area contributed by atoms with Gasteiger partial charge in [-0.15, -0.1) is 0 Å². The number of piperazine rings is 1. The second-order valence-corrected chi connectivity index (χ2v) is 6.30. The zero-order chi connectivity index (χ0) is 17.3. The molecule has 0 aliphatic carbocycles. The monoisotopic (exact) mass is 346 g/mol. The fourth-order valence-corrected chi connectivity index (χ4v) is 2.90. The van der Waals surface area contributed by atoms with E-state index in [0.717, 1.165) is 0 Å². The van der Waals surface area contributed by atoms with Gasteiger partial charge in [-0.05, 0) is 31.2 Å². The smallest absolute Gasteiger partial charge is 0.282 e. The lowest BCUT2D eigenvalue weighted by atomic mass is 10.1. The molecular weight excluding hydrogens is 328 g/mol. The number of rotatable bonds is 2. The fraction of sp³-hybridized carbons (Fsp3) is 0.353. The predicted molar refractivity (Wildman–Crippen MR) is 94.0 cm³/mol. The first-order chi connectivity index (χ1) is 11.5. The van der Waals surface area contributed by atoms with E-state index >= 15 is 0 Å². The number of benzene rings is 1. The van der Waals surface area contributed by atoms with Crippen LogP contribution in [0.5, 0.6) is 0 Å². The van der Waals surface area contributed by atoms with Crippen molar-refractivity contribution in [1.82, 2.24) is 9.80 Å². The SMILES string of the molecule is CC(=O)N1CCN(/C=C2\C(=O)N(c3ccc(Cl)cc3)N=C2C)CC1. The van der Waals surface area contributed by atoms with Gasteiger partial charge in [-0.25, -0.2) is 0 Å². The van der Waals surface area contributed by atoms with Gasteiger partial charge in [-0.1, -0.05) is 11.6 Å². The van der Waals surface area contributed by atoms with Gasteiger partial charge in [0.25, 0.3) is 5.91 Å². The molecule has 126 valence electrons. The van der Waals surface area contributed by atoms with Crippen molar-refractivity contribution in [3.63, 3.8) is 0 Å². The molecule has 0 saturated carbocycles. The largest absolute Gasteiger partial charge is 0.373 e. The summed E-state index contributed by atoms with van der Waals surface area (Å²) in [6.45, 7) is 6.17. The van der Waals surface area contributed by atoms with Crippen LogP contribution in [-0.4, -0.2) is 53.5 Å². The molecule has 2 aliphatic heterocycles. The van der Waals surface area contributed by atoms with Gasteiger partial charge < -0.3 is 9.80 Å². The molecule has 3 rings (SSSR count). The lowest BCUT2D eigenvalue weighted by molar-refractivity contribution is -0.130. The second-order valence-electron chi connectivity index (χ2n) is 5.86. The molecule has 0 spiro atoms. The maximum absolute atomic E-state index is 12.7. The van der Waals surface area contributed by atoms with Crippen molar-refractivity contribution in [1.29, 1.82) is 0 Å². The van der Waals surface area contributed by atoms with E-state index < -0.39 is 0 Å². The molecule has 0 radical (unpaired) electrons. The number of anilines is 1. The topological polar surface area (TPSA) is 56.2 Å². The van der Waals surface area contributed by atoms with E-state index in [1.807, 2.05) is 18.0 Å². The molecule has 1 fully saturated rings. The van der Waals surface area contributed by atoms with E-state index in [0.29, 0.717) is 48.2 Å². The molecule has 1 aromatic carbocycles. The molecule has 0 unspecified atom stereocenters. The molecule has 2 heterocycles.